The molecular weight excluding hydrogens is 492 g/mol. The van der Waals surface area contributed by atoms with Crippen LogP contribution in [0.15, 0.2) is 65.7 Å². The van der Waals surface area contributed by atoms with Crippen LogP contribution in [0.1, 0.15) is 51.5 Å². The van der Waals surface area contributed by atoms with Gasteiger partial charge in [-0.05, 0) is 76.6 Å². The van der Waals surface area contributed by atoms with Gasteiger partial charge >= 0.3 is 5.97 Å². The quantitative estimate of drug-likeness (QED) is 0.309. The summed E-state index contributed by atoms with van der Waals surface area (Å²) in [6, 6.07) is 14.0. The van der Waals surface area contributed by atoms with Crippen molar-refractivity contribution in [3.05, 3.63) is 105 Å². The van der Waals surface area contributed by atoms with Crippen molar-refractivity contribution in [2.24, 2.45) is 0 Å². The fourth-order valence-electron chi connectivity index (χ4n) is 4.74. The Kier molecular flexibility index (Phi) is 6.66. The van der Waals surface area contributed by atoms with Gasteiger partial charge in [-0.1, -0.05) is 12.1 Å². The second kappa shape index (κ2) is 10.1. The van der Waals surface area contributed by atoms with E-state index in [9.17, 15) is 14.7 Å². The molecule has 5 rings (SSSR count). The lowest BCUT2D eigenvalue weighted by molar-refractivity contribution is 0.0698. The van der Waals surface area contributed by atoms with Gasteiger partial charge in [0.25, 0.3) is 5.56 Å². The number of anilines is 1. The van der Waals surface area contributed by atoms with E-state index in [1.54, 1.807) is 48.0 Å². The van der Waals surface area contributed by atoms with E-state index in [0.29, 0.717) is 39.7 Å². The normalized spacial score (nSPS) is 11.9. The van der Waals surface area contributed by atoms with E-state index < -0.39 is 5.97 Å². The van der Waals surface area contributed by atoms with Crippen LogP contribution in [0.25, 0.3) is 28.3 Å². The van der Waals surface area contributed by atoms with Gasteiger partial charge in [0, 0.05) is 40.5 Å². The molecule has 0 amide bonds. The van der Waals surface area contributed by atoms with Crippen LogP contribution in [-0.4, -0.2) is 35.4 Å². The molecule has 0 aliphatic carbocycles. The van der Waals surface area contributed by atoms with Crippen molar-refractivity contribution < 1.29 is 9.90 Å². The molecule has 0 aliphatic rings. The van der Waals surface area contributed by atoms with Gasteiger partial charge in [-0.2, -0.15) is 0 Å². The van der Waals surface area contributed by atoms with Gasteiger partial charge in [-0.25, -0.2) is 19.7 Å². The number of rotatable bonds is 6. The summed E-state index contributed by atoms with van der Waals surface area (Å²) in [6.45, 7) is 9.35. The van der Waals surface area contributed by atoms with E-state index in [2.05, 4.69) is 20.3 Å². The van der Waals surface area contributed by atoms with Crippen molar-refractivity contribution in [3.63, 3.8) is 0 Å². The maximum atomic E-state index is 13.5. The second-order valence-electron chi connectivity index (χ2n) is 9.65. The minimum absolute atomic E-state index is 0.170. The van der Waals surface area contributed by atoms with Gasteiger partial charge in [0.2, 0.25) is 0 Å². The lowest BCUT2D eigenvalue weighted by Gasteiger charge is -2.20. The summed E-state index contributed by atoms with van der Waals surface area (Å²) in [5, 5.41) is 12.9. The molecule has 4 aromatic heterocycles. The Morgan fingerprint density at radius 3 is 2.44 bits per heavy atom. The number of fused-ring (bicyclic) bond motifs is 1. The molecule has 0 bridgehead atoms. The monoisotopic (exact) mass is 520 g/mol. The summed E-state index contributed by atoms with van der Waals surface area (Å²) in [4.78, 5) is 43.6. The third-order valence-electron chi connectivity index (χ3n) is 6.58. The highest BCUT2D eigenvalue weighted by Crippen LogP contribution is 2.28. The highest BCUT2D eigenvalue weighted by atomic mass is 16.4. The molecule has 5 aromatic rings. The SMILES string of the molecule is Cc1cc([C@@H](C)Nc2ccccc2C(=O)O)c2nc(-c3ccc(-c4cc(C)nc(C)n4)nc3)c(C)c(=O)n2c1. The predicted molar refractivity (Wildman–Crippen MR) is 150 cm³/mol. The maximum Gasteiger partial charge on any atom is 0.337 e. The van der Waals surface area contributed by atoms with Gasteiger partial charge in [-0.3, -0.25) is 14.2 Å². The number of carboxylic acids is 1. The Morgan fingerprint density at radius 1 is 0.974 bits per heavy atom. The molecule has 0 unspecified atom stereocenters. The number of hydrogen-bond donors (Lipinski definition) is 2. The molecule has 9 heteroatoms. The van der Waals surface area contributed by atoms with Gasteiger partial charge in [-0.15, -0.1) is 0 Å². The van der Waals surface area contributed by atoms with Crippen molar-refractivity contribution in [2.75, 3.05) is 5.32 Å². The minimum atomic E-state index is -1.02. The topological polar surface area (TPSA) is 122 Å². The number of benzene rings is 1. The number of para-hydroxylation sites is 1. The number of pyridine rings is 2. The number of nitrogens with one attached hydrogen (secondary N) is 1. The van der Waals surface area contributed by atoms with Crippen molar-refractivity contribution in [1.29, 1.82) is 0 Å². The van der Waals surface area contributed by atoms with Crippen LogP contribution < -0.4 is 10.9 Å². The summed E-state index contributed by atoms with van der Waals surface area (Å²) in [7, 11) is 0. The van der Waals surface area contributed by atoms with Crippen LogP contribution in [-0.2, 0) is 0 Å². The van der Waals surface area contributed by atoms with Gasteiger partial charge < -0.3 is 10.4 Å². The third kappa shape index (κ3) is 4.98. The number of nitrogens with zero attached hydrogens (tertiary/aromatic N) is 5. The second-order valence-corrected chi connectivity index (χ2v) is 9.65. The van der Waals surface area contributed by atoms with Crippen LogP contribution in [0, 0.1) is 27.7 Å². The van der Waals surface area contributed by atoms with E-state index in [0.717, 1.165) is 22.5 Å². The lowest BCUT2D eigenvalue weighted by Crippen LogP contribution is -2.22. The van der Waals surface area contributed by atoms with Crippen LogP contribution in [0.4, 0.5) is 5.69 Å². The zero-order valence-corrected chi connectivity index (χ0v) is 22.4. The Morgan fingerprint density at radius 2 is 1.74 bits per heavy atom. The average molecular weight is 521 g/mol. The van der Waals surface area contributed by atoms with Gasteiger partial charge in [0.05, 0.1) is 28.7 Å². The summed E-state index contributed by atoms with van der Waals surface area (Å²) in [5.74, 6) is -0.345. The van der Waals surface area contributed by atoms with Gasteiger partial charge in [0.15, 0.2) is 0 Å². The van der Waals surface area contributed by atoms with E-state index >= 15 is 0 Å². The Bertz CT molecular complexity index is 1770. The molecule has 4 heterocycles. The summed E-state index contributed by atoms with van der Waals surface area (Å²) in [5.41, 5.74) is 6.67. The summed E-state index contributed by atoms with van der Waals surface area (Å²) >= 11 is 0. The average Bonchev–Trinajstić information content (AvgIpc) is 2.90. The van der Waals surface area contributed by atoms with E-state index in [1.807, 2.05) is 52.0 Å². The number of aromatic carboxylic acids is 1. The highest BCUT2D eigenvalue weighted by Gasteiger charge is 2.19. The largest absolute Gasteiger partial charge is 0.478 e. The standard InChI is InChI=1S/C30H28N6O3/c1-16-12-23(19(4)33-24-9-7-6-8-22(24)30(38)39)28-35-27(18(3)29(37)36(28)15-16)21-10-11-25(31-14-21)26-13-17(2)32-20(5)34-26/h6-15,19,33H,1-5H3,(H,38,39)/t19-/m1/s1. The predicted octanol–water partition coefficient (Wildman–Crippen LogP) is 5.32. The molecule has 0 radical (unpaired) electrons. The fraction of sp³-hybridized carbons (Fsp3) is 0.200. The first kappa shape index (κ1) is 25.7. The van der Waals surface area contributed by atoms with Gasteiger partial charge in [0.1, 0.15) is 11.5 Å². The Hall–Kier alpha value is -4.92. The molecule has 9 nitrogen and oxygen atoms in total. The minimum Gasteiger partial charge on any atom is -0.478 e. The molecule has 0 fully saturated rings. The molecule has 196 valence electrons. The van der Waals surface area contributed by atoms with Crippen molar-refractivity contribution in [3.8, 4) is 22.6 Å². The maximum absolute atomic E-state index is 13.5. The zero-order valence-electron chi connectivity index (χ0n) is 22.4. The number of hydrogen-bond acceptors (Lipinski definition) is 7. The Labute approximate surface area is 225 Å². The number of carboxylic acid groups (broad SMARTS) is 1. The molecule has 0 spiro atoms. The zero-order chi connectivity index (χ0) is 27.8. The molecule has 39 heavy (non-hydrogen) atoms. The van der Waals surface area contributed by atoms with Crippen molar-refractivity contribution in [2.45, 2.75) is 40.7 Å². The van der Waals surface area contributed by atoms with Crippen LogP contribution >= 0.6 is 0 Å². The first-order valence-corrected chi connectivity index (χ1v) is 12.5. The van der Waals surface area contributed by atoms with E-state index in [-0.39, 0.29) is 17.2 Å². The molecule has 2 N–H and O–H groups in total. The lowest BCUT2D eigenvalue weighted by atomic mass is 10.0. The van der Waals surface area contributed by atoms with Crippen LogP contribution in [0.3, 0.4) is 0 Å². The first-order valence-electron chi connectivity index (χ1n) is 12.5. The first-order chi connectivity index (χ1) is 18.6. The molecule has 0 saturated heterocycles. The highest BCUT2D eigenvalue weighted by molar-refractivity contribution is 5.94. The molecular formula is C30H28N6O3. The number of aryl methyl sites for hydroxylation is 3. The molecule has 0 saturated carbocycles. The molecule has 0 aliphatic heterocycles. The summed E-state index contributed by atoms with van der Waals surface area (Å²) in [6.07, 6.45) is 3.47. The van der Waals surface area contributed by atoms with E-state index in [4.69, 9.17) is 4.98 Å². The van der Waals surface area contributed by atoms with E-state index in [1.165, 1.54) is 0 Å². The molecule has 1 atom stereocenters. The Balaban J connectivity index is 1.60. The third-order valence-corrected chi connectivity index (χ3v) is 6.58. The van der Waals surface area contributed by atoms with Crippen molar-refractivity contribution in [1.82, 2.24) is 24.3 Å². The molecule has 1 aromatic carbocycles. The number of aromatic nitrogens is 5. The number of carbonyl (C=O) groups is 1. The van der Waals surface area contributed by atoms with Crippen LogP contribution in [0.2, 0.25) is 0 Å². The summed E-state index contributed by atoms with van der Waals surface area (Å²) < 4.78 is 1.55. The fourth-order valence-corrected chi connectivity index (χ4v) is 4.74. The van der Waals surface area contributed by atoms with Crippen LogP contribution in [0.5, 0.6) is 0 Å². The smallest absolute Gasteiger partial charge is 0.337 e. The van der Waals surface area contributed by atoms with Crippen molar-refractivity contribution >= 4 is 17.3 Å².